The van der Waals surface area contributed by atoms with Crippen LogP contribution in [0.5, 0.6) is 0 Å². The summed E-state index contributed by atoms with van der Waals surface area (Å²) in [5, 5.41) is 2.87. The summed E-state index contributed by atoms with van der Waals surface area (Å²) < 4.78 is 14.3. The summed E-state index contributed by atoms with van der Waals surface area (Å²) in [6.45, 7) is 0.395. The van der Waals surface area contributed by atoms with Crippen molar-refractivity contribution in [1.29, 1.82) is 0 Å². The number of carbonyl (C=O) groups excluding carboxylic acids is 1. The maximum atomic E-state index is 13.6. The van der Waals surface area contributed by atoms with Gasteiger partial charge in [-0.25, -0.2) is 4.39 Å². The van der Waals surface area contributed by atoms with Gasteiger partial charge in [-0.05, 0) is 37.0 Å². The Balaban J connectivity index is 2.08. The van der Waals surface area contributed by atoms with Gasteiger partial charge in [0, 0.05) is 17.1 Å². The predicted molar refractivity (Wildman–Crippen MR) is 76.4 cm³/mol. The molecule has 1 atom stereocenters. The van der Waals surface area contributed by atoms with E-state index in [2.05, 4.69) is 21.2 Å². The Morgan fingerprint density at radius 1 is 1.47 bits per heavy atom. The molecule has 1 saturated carbocycles. The summed E-state index contributed by atoms with van der Waals surface area (Å²) in [6, 6.07) is 4.29. The third-order valence-electron chi connectivity index (χ3n) is 3.71. The van der Waals surface area contributed by atoms with Crippen LogP contribution in [0.3, 0.4) is 0 Å². The summed E-state index contributed by atoms with van der Waals surface area (Å²) in [4.78, 5) is 12.1. The summed E-state index contributed by atoms with van der Waals surface area (Å²) in [5.74, 6) is -0.479. The van der Waals surface area contributed by atoms with Crippen molar-refractivity contribution >= 4 is 21.8 Å². The molecule has 1 aliphatic carbocycles. The molecule has 0 saturated heterocycles. The number of nitrogens with two attached hydrogens (primary N) is 1. The van der Waals surface area contributed by atoms with E-state index in [9.17, 15) is 9.18 Å². The Morgan fingerprint density at radius 3 is 2.79 bits per heavy atom. The minimum Gasteiger partial charge on any atom is -0.348 e. The van der Waals surface area contributed by atoms with Gasteiger partial charge in [0.25, 0.3) is 5.91 Å². The number of rotatable bonds is 4. The highest BCUT2D eigenvalue weighted by molar-refractivity contribution is 9.10. The maximum absolute atomic E-state index is 13.6. The molecule has 1 aromatic rings. The van der Waals surface area contributed by atoms with Gasteiger partial charge in [-0.1, -0.05) is 28.8 Å². The molecule has 104 valence electrons. The Labute approximate surface area is 120 Å². The lowest BCUT2D eigenvalue weighted by Gasteiger charge is -2.23. The molecule has 1 fully saturated rings. The zero-order valence-corrected chi connectivity index (χ0v) is 12.2. The second kappa shape index (κ2) is 6.48. The Bertz CT molecular complexity index is 461. The van der Waals surface area contributed by atoms with Crippen LogP contribution in [0.4, 0.5) is 4.39 Å². The molecule has 2 rings (SSSR count). The molecule has 0 aliphatic heterocycles. The van der Waals surface area contributed by atoms with Crippen LogP contribution >= 0.6 is 15.9 Å². The molecule has 3 nitrogen and oxygen atoms in total. The van der Waals surface area contributed by atoms with Crippen molar-refractivity contribution in [1.82, 2.24) is 5.32 Å². The lowest BCUT2D eigenvalue weighted by atomic mass is 9.98. The highest BCUT2D eigenvalue weighted by atomic mass is 79.9. The highest BCUT2D eigenvalue weighted by Crippen LogP contribution is 2.27. The van der Waals surface area contributed by atoms with Crippen LogP contribution in [-0.2, 0) is 0 Å². The van der Waals surface area contributed by atoms with E-state index in [1.165, 1.54) is 25.0 Å². The number of halogens is 2. The van der Waals surface area contributed by atoms with Crippen molar-refractivity contribution in [2.45, 2.75) is 31.7 Å². The topological polar surface area (TPSA) is 55.1 Å². The Hall–Kier alpha value is -0.940. The van der Waals surface area contributed by atoms with Gasteiger partial charge in [-0.15, -0.1) is 0 Å². The van der Waals surface area contributed by atoms with E-state index in [0.29, 0.717) is 16.9 Å². The van der Waals surface area contributed by atoms with E-state index in [1.54, 1.807) is 6.07 Å². The third-order valence-corrected chi connectivity index (χ3v) is 4.21. The molecule has 1 aromatic carbocycles. The minimum absolute atomic E-state index is 0.0609. The molecular weight excluding hydrogens is 311 g/mol. The van der Waals surface area contributed by atoms with E-state index in [0.717, 1.165) is 12.8 Å². The van der Waals surface area contributed by atoms with E-state index < -0.39 is 5.82 Å². The minimum atomic E-state index is -0.511. The SMILES string of the molecule is NCC(NC(=O)c1cc(Br)ccc1F)C1CCCC1. The van der Waals surface area contributed by atoms with Crippen molar-refractivity contribution < 1.29 is 9.18 Å². The van der Waals surface area contributed by atoms with Gasteiger partial charge in [0.15, 0.2) is 0 Å². The van der Waals surface area contributed by atoms with E-state index in [-0.39, 0.29) is 17.5 Å². The maximum Gasteiger partial charge on any atom is 0.254 e. The van der Waals surface area contributed by atoms with Gasteiger partial charge in [-0.3, -0.25) is 4.79 Å². The quantitative estimate of drug-likeness (QED) is 0.892. The first-order valence-electron chi connectivity index (χ1n) is 6.58. The normalized spacial score (nSPS) is 17.4. The number of amides is 1. The summed E-state index contributed by atoms with van der Waals surface area (Å²) >= 11 is 3.24. The zero-order valence-electron chi connectivity index (χ0n) is 10.7. The van der Waals surface area contributed by atoms with Crippen molar-refractivity contribution in [2.24, 2.45) is 11.7 Å². The summed E-state index contributed by atoms with van der Waals surface area (Å²) in [5.41, 5.74) is 5.79. The van der Waals surface area contributed by atoms with Crippen LogP contribution in [0.1, 0.15) is 36.0 Å². The molecular formula is C14H18BrFN2O. The standard InChI is InChI=1S/C14H18BrFN2O/c15-10-5-6-12(16)11(7-10)14(19)18-13(8-17)9-3-1-2-4-9/h5-7,9,13H,1-4,8,17H2,(H,18,19). The fourth-order valence-electron chi connectivity index (χ4n) is 2.65. The fourth-order valence-corrected chi connectivity index (χ4v) is 3.01. The second-order valence-electron chi connectivity index (χ2n) is 4.98. The Kier molecular flexibility index (Phi) is 4.93. The molecule has 0 radical (unpaired) electrons. The first-order valence-corrected chi connectivity index (χ1v) is 7.37. The van der Waals surface area contributed by atoms with Gasteiger partial charge in [0.1, 0.15) is 5.82 Å². The van der Waals surface area contributed by atoms with Gasteiger partial charge >= 0.3 is 0 Å². The van der Waals surface area contributed by atoms with Crippen molar-refractivity contribution in [2.75, 3.05) is 6.54 Å². The molecule has 19 heavy (non-hydrogen) atoms. The molecule has 0 bridgehead atoms. The molecule has 3 N–H and O–H groups in total. The van der Waals surface area contributed by atoms with Crippen LogP contribution in [0, 0.1) is 11.7 Å². The third kappa shape index (κ3) is 3.54. The second-order valence-corrected chi connectivity index (χ2v) is 5.90. The molecule has 1 aliphatic rings. The van der Waals surface area contributed by atoms with Crippen LogP contribution in [-0.4, -0.2) is 18.5 Å². The van der Waals surface area contributed by atoms with Crippen molar-refractivity contribution in [3.8, 4) is 0 Å². The average Bonchev–Trinajstić information content (AvgIpc) is 2.92. The van der Waals surface area contributed by atoms with E-state index >= 15 is 0 Å². The first-order chi connectivity index (χ1) is 9.11. The molecule has 0 spiro atoms. The van der Waals surface area contributed by atoms with E-state index in [1.807, 2.05) is 0 Å². The zero-order chi connectivity index (χ0) is 13.8. The Morgan fingerprint density at radius 2 is 2.16 bits per heavy atom. The van der Waals surface area contributed by atoms with Gasteiger partial charge < -0.3 is 11.1 Å². The molecule has 0 aromatic heterocycles. The monoisotopic (exact) mass is 328 g/mol. The van der Waals surface area contributed by atoms with Crippen LogP contribution in [0.15, 0.2) is 22.7 Å². The van der Waals surface area contributed by atoms with Crippen LogP contribution < -0.4 is 11.1 Å². The number of hydrogen-bond donors (Lipinski definition) is 2. The van der Waals surface area contributed by atoms with E-state index in [4.69, 9.17) is 5.73 Å². The van der Waals surface area contributed by atoms with Gasteiger partial charge in [0.2, 0.25) is 0 Å². The van der Waals surface area contributed by atoms with Gasteiger partial charge in [0.05, 0.1) is 5.56 Å². The lowest BCUT2D eigenvalue weighted by molar-refractivity contribution is 0.0920. The molecule has 1 amide bonds. The fraction of sp³-hybridized carbons (Fsp3) is 0.500. The van der Waals surface area contributed by atoms with Crippen LogP contribution in [0.2, 0.25) is 0 Å². The van der Waals surface area contributed by atoms with Gasteiger partial charge in [-0.2, -0.15) is 0 Å². The predicted octanol–water partition coefficient (Wildman–Crippen LogP) is 2.84. The number of carbonyl (C=O) groups is 1. The molecule has 5 heteroatoms. The lowest BCUT2D eigenvalue weighted by Crippen LogP contribution is -2.44. The summed E-state index contributed by atoms with van der Waals surface area (Å²) in [6.07, 6.45) is 4.54. The molecule has 0 heterocycles. The highest BCUT2D eigenvalue weighted by Gasteiger charge is 2.26. The first kappa shape index (κ1) is 14.5. The van der Waals surface area contributed by atoms with Crippen LogP contribution in [0.25, 0.3) is 0 Å². The smallest absolute Gasteiger partial charge is 0.254 e. The number of benzene rings is 1. The molecule has 1 unspecified atom stereocenters. The number of nitrogens with one attached hydrogen (secondary N) is 1. The van der Waals surface area contributed by atoms with Crippen molar-refractivity contribution in [3.05, 3.63) is 34.1 Å². The average molecular weight is 329 g/mol. The number of hydrogen-bond acceptors (Lipinski definition) is 2. The largest absolute Gasteiger partial charge is 0.348 e. The summed E-state index contributed by atoms with van der Waals surface area (Å²) in [7, 11) is 0. The van der Waals surface area contributed by atoms with Crippen molar-refractivity contribution in [3.63, 3.8) is 0 Å².